The van der Waals surface area contributed by atoms with Gasteiger partial charge in [-0.1, -0.05) is 0 Å². The number of aromatic nitrogens is 2. The van der Waals surface area contributed by atoms with Crippen LogP contribution in [-0.2, 0) is 0 Å². The third-order valence-corrected chi connectivity index (χ3v) is 3.81. The Morgan fingerprint density at radius 2 is 2.11 bits per heavy atom. The Kier molecular flexibility index (Phi) is 2.76. The molecular formula is C13H11BN2OS. The molecule has 2 heterocycles. The van der Waals surface area contributed by atoms with E-state index in [1.165, 1.54) is 0 Å². The molecule has 0 unspecified atom stereocenters. The lowest BCUT2D eigenvalue weighted by atomic mass is 10.0. The average Bonchev–Trinajstić information content (AvgIpc) is 2.81. The summed E-state index contributed by atoms with van der Waals surface area (Å²) in [5, 5.41) is 1.02. The Hall–Kier alpha value is -1.88. The van der Waals surface area contributed by atoms with E-state index in [1.54, 1.807) is 18.4 Å². The minimum atomic E-state index is 0.864. The molecule has 2 aromatic heterocycles. The van der Waals surface area contributed by atoms with Crippen LogP contribution in [0, 0.1) is 0 Å². The largest absolute Gasteiger partial charge is 0.497 e. The fourth-order valence-corrected chi connectivity index (χ4v) is 2.82. The van der Waals surface area contributed by atoms with E-state index < -0.39 is 0 Å². The molecule has 18 heavy (non-hydrogen) atoms. The second-order valence-corrected chi connectivity index (χ2v) is 5.07. The van der Waals surface area contributed by atoms with E-state index in [0.29, 0.717) is 0 Å². The lowest BCUT2D eigenvalue weighted by Crippen LogP contribution is -2.06. The fraction of sp³-hybridized carbons (Fsp3) is 0.0769. The van der Waals surface area contributed by atoms with Gasteiger partial charge in [-0.05, 0) is 35.9 Å². The van der Waals surface area contributed by atoms with E-state index in [9.17, 15) is 0 Å². The Morgan fingerprint density at radius 1 is 1.22 bits per heavy atom. The van der Waals surface area contributed by atoms with Gasteiger partial charge < -0.3 is 4.74 Å². The summed E-state index contributed by atoms with van der Waals surface area (Å²) < 4.78 is 6.36. The normalized spacial score (nSPS) is 10.7. The number of fused-ring (bicyclic) bond motifs is 1. The quantitative estimate of drug-likeness (QED) is 0.652. The van der Waals surface area contributed by atoms with Crippen LogP contribution in [0.3, 0.4) is 0 Å². The van der Waals surface area contributed by atoms with Crippen molar-refractivity contribution in [1.82, 2.24) is 9.97 Å². The summed E-state index contributed by atoms with van der Waals surface area (Å²) in [4.78, 5) is 8.84. The van der Waals surface area contributed by atoms with E-state index >= 15 is 0 Å². The average molecular weight is 254 g/mol. The van der Waals surface area contributed by atoms with Gasteiger partial charge in [-0.15, -0.1) is 11.3 Å². The molecule has 0 spiro atoms. The standard InChI is InChI=1S/C13H11BN2OS/c1-17-9-2-3-10-11(7-9)18-13(16-10)8-4-5-15-12(14)6-8/h2-7H,14H2,1H3. The monoisotopic (exact) mass is 254 g/mol. The molecule has 0 bridgehead atoms. The van der Waals surface area contributed by atoms with E-state index in [4.69, 9.17) is 4.74 Å². The third-order valence-electron chi connectivity index (χ3n) is 2.74. The van der Waals surface area contributed by atoms with E-state index in [1.807, 2.05) is 38.3 Å². The van der Waals surface area contributed by atoms with Crippen LogP contribution >= 0.6 is 11.3 Å². The van der Waals surface area contributed by atoms with Crippen molar-refractivity contribution in [1.29, 1.82) is 0 Å². The molecule has 0 N–H and O–H groups in total. The summed E-state index contributed by atoms with van der Waals surface area (Å²) in [5.74, 6) is 0.864. The number of nitrogens with zero attached hydrogens (tertiary/aromatic N) is 2. The molecule has 0 radical (unpaired) electrons. The van der Waals surface area contributed by atoms with Gasteiger partial charge in [0, 0.05) is 11.8 Å². The van der Waals surface area contributed by atoms with Gasteiger partial charge >= 0.3 is 0 Å². The van der Waals surface area contributed by atoms with Crippen LogP contribution in [0.2, 0.25) is 0 Å². The van der Waals surface area contributed by atoms with Crippen molar-refractivity contribution >= 4 is 35.0 Å². The molecule has 0 saturated carbocycles. The maximum atomic E-state index is 5.23. The number of hydrogen-bond acceptors (Lipinski definition) is 4. The molecule has 0 aliphatic rings. The number of methoxy groups -OCH3 is 1. The summed E-state index contributed by atoms with van der Waals surface area (Å²) in [6.45, 7) is 0. The van der Waals surface area contributed by atoms with Crippen LogP contribution in [0.15, 0.2) is 36.5 Å². The molecule has 88 valence electrons. The summed E-state index contributed by atoms with van der Waals surface area (Å²) in [5.41, 5.74) is 3.12. The smallest absolute Gasteiger partial charge is 0.163 e. The van der Waals surface area contributed by atoms with Crippen molar-refractivity contribution in [3.8, 4) is 16.3 Å². The topological polar surface area (TPSA) is 35.0 Å². The second kappa shape index (κ2) is 4.42. The van der Waals surface area contributed by atoms with Crippen molar-refractivity contribution < 1.29 is 4.74 Å². The van der Waals surface area contributed by atoms with Crippen LogP contribution in [0.1, 0.15) is 0 Å². The molecule has 0 fully saturated rings. The van der Waals surface area contributed by atoms with Crippen molar-refractivity contribution in [3.63, 3.8) is 0 Å². The van der Waals surface area contributed by atoms with Gasteiger partial charge in [0.25, 0.3) is 0 Å². The fourth-order valence-electron chi connectivity index (χ4n) is 1.83. The SMILES string of the molecule is Bc1cc(-c2nc3ccc(OC)cc3s2)ccn1. The molecule has 1 aromatic carbocycles. The summed E-state index contributed by atoms with van der Waals surface area (Å²) in [7, 11) is 3.66. The van der Waals surface area contributed by atoms with E-state index in [0.717, 1.165) is 32.1 Å². The Balaban J connectivity index is 2.13. The zero-order chi connectivity index (χ0) is 12.5. The highest BCUT2D eigenvalue weighted by Crippen LogP contribution is 2.31. The van der Waals surface area contributed by atoms with Gasteiger partial charge in [0.1, 0.15) is 10.8 Å². The third kappa shape index (κ3) is 1.97. The minimum Gasteiger partial charge on any atom is -0.497 e. The van der Waals surface area contributed by atoms with E-state index in [-0.39, 0.29) is 0 Å². The first-order chi connectivity index (χ1) is 8.76. The molecule has 0 aliphatic carbocycles. The van der Waals surface area contributed by atoms with Gasteiger partial charge in [-0.25, -0.2) is 4.98 Å². The minimum absolute atomic E-state index is 0.864. The highest BCUT2D eigenvalue weighted by atomic mass is 32.1. The van der Waals surface area contributed by atoms with Gasteiger partial charge in [0.2, 0.25) is 0 Å². The van der Waals surface area contributed by atoms with Crippen LogP contribution in [-0.4, -0.2) is 24.9 Å². The number of benzene rings is 1. The maximum Gasteiger partial charge on any atom is 0.163 e. The predicted molar refractivity (Wildman–Crippen MR) is 77.6 cm³/mol. The highest BCUT2D eigenvalue weighted by Gasteiger charge is 2.07. The second-order valence-electron chi connectivity index (χ2n) is 4.04. The van der Waals surface area contributed by atoms with Crippen LogP contribution in [0.25, 0.3) is 20.8 Å². The lowest BCUT2D eigenvalue weighted by molar-refractivity contribution is 0.415. The molecule has 3 nitrogen and oxygen atoms in total. The number of hydrogen-bond donors (Lipinski definition) is 0. The summed E-state index contributed by atoms with van der Waals surface area (Å²) in [6, 6.07) is 9.98. The molecule has 5 heteroatoms. The molecule has 0 amide bonds. The number of pyridine rings is 1. The van der Waals surface area contributed by atoms with Crippen molar-refractivity contribution in [2.45, 2.75) is 0 Å². The zero-order valence-corrected chi connectivity index (χ0v) is 11.0. The van der Waals surface area contributed by atoms with Gasteiger partial charge in [-0.3, -0.25) is 4.98 Å². The zero-order valence-electron chi connectivity index (χ0n) is 10.2. The van der Waals surface area contributed by atoms with Crippen LogP contribution in [0.5, 0.6) is 5.75 Å². The molecule has 3 aromatic rings. The number of rotatable bonds is 2. The van der Waals surface area contributed by atoms with Crippen molar-refractivity contribution in [3.05, 3.63) is 36.5 Å². The van der Waals surface area contributed by atoms with Gasteiger partial charge in [-0.2, -0.15) is 0 Å². The van der Waals surface area contributed by atoms with Crippen molar-refractivity contribution in [2.75, 3.05) is 7.11 Å². The first kappa shape index (κ1) is 11.2. The van der Waals surface area contributed by atoms with Gasteiger partial charge in [0.05, 0.1) is 17.3 Å². The molecule has 0 saturated heterocycles. The van der Waals surface area contributed by atoms with Gasteiger partial charge in [0.15, 0.2) is 7.85 Å². The Labute approximate surface area is 110 Å². The summed E-state index contributed by atoms with van der Waals surface area (Å²) >= 11 is 1.67. The maximum absolute atomic E-state index is 5.23. The first-order valence-corrected chi connectivity index (χ1v) is 6.45. The lowest BCUT2D eigenvalue weighted by Gasteiger charge is -1.96. The van der Waals surface area contributed by atoms with Crippen LogP contribution in [0.4, 0.5) is 0 Å². The molecular weight excluding hydrogens is 243 g/mol. The number of thiazole rings is 1. The Bertz CT molecular complexity index is 711. The predicted octanol–water partition coefficient (Wildman–Crippen LogP) is 1.63. The first-order valence-electron chi connectivity index (χ1n) is 5.64. The molecule has 0 atom stereocenters. The Morgan fingerprint density at radius 3 is 2.89 bits per heavy atom. The highest BCUT2D eigenvalue weighted by molar-refractivity contribution is 7.21. The van der Waals surface area contributed by atoms with Crippen LogP contribution < -0.4 is 10.3 Å². The van der Waals surface area contributed by atoms with E-state index in [2.05, 4.69) is 16.0 Å². The molecule has 0 aliphatic heterocycles. The summed E-state index contributed by atoms with van der Waals surface area (Å²) in [6.07, 6.45) is 1.82. The molecule has 3 rings (SSSR count). The number of ether oxygens (including phenoxy) is 1. The van der Waals surface area contributed by atoms with Crippen molar-refractivity contribution in [2.24, 2.45) is 0 Å².